The summed E-state index contributed by atoms with van der Waals surface area (Å²) >= 11 is 0. The van der Waals surface area contributed by atoms with Gasteiger partial charge in [0.25, 0.3) is 0 Å². The van der Waals surface area contributed by atoms with Crippen LogP contribution in [0.25, 0.3) is 0 Å². The van der Waals surface area contributed by atoms with E-state index in [1.807, 2.05) is 0 Å². The first-order chi connectivity index (χ1) is 7.56. The maximum Gasteiger partial charge on any atom is 0.201 e. The van der Waals surface area contributed by atoms with E-state index in [1.165, 1.54) is 27.2 Å². The molecule has 0 aliphatic rings. The fraction of sp³-hybridized carbons (Fsp3) is 0.273. The highest BCUT2D eigenvalue weighted by molar-refractivity contribution is 6.05. The number of hydrogen-bond donors (Lipinski definition) is 1. The van der Waals surface area contributed by atoms with Crippen LogP contribution in [0.4, 0.5) is 0 Å². The van der Waals surface area contributed by atoms with Gasteiger partial charge in [0.05, 0.1) is 19.8 Å². The Balaban J connectivity index is 3.63. The molecule has 0 amide bonds. The van der Waals surface area contributed by atoms with Gasteiger partial charge in [-0.15, -0.1) is 0 Å². The number of ether oxygens (including phenoxy) is 2. The number of phenolic OH excluding ortho intramolecular Hbond substituents is 1. The summed E-state index contributed by atoms with van der Waals surface area (Å²) in [6, 6.07) is 1.29. The monoisotopic (exact) mass is 224 g/mol. The molecule has 5 nitrogen and oxygen atoms in total. The molecule has 5 heteroatoms. The third kappa shape index (κ3) is 1.84. The smallest absolute Gasteiger partial charge is 0.201 e. The fourth-order valence-electron chi connectivity index (χ4n) is 1.45. The van der Waals surface area contributed by atoms with Crippen molar-refractivity contribution in [2.24, 2.45) is 0 Å². The molecular formula is C11H12O5. The van der Waals surface area contributed by atoms with E-state index in [2.05, 4.69) is 0 Å². The Bertz CT molecular complexity index is 436. The number of aldehydes is 1. The lowest BCUT2D eigenvalue weighted by atomic mass is 10.0. The minimum absolute atomic E-state index is 0.0473. The zero-order chi connectivity index (χ0) is 12.3. The summed E-state index contributed by atoms with van der Waals surface area (Å²) in [7, 11) is 2.64. The number of carbonyl (C=O) groups is 2. The molecule has 16 heavy (non-hydrogen) atoms. The Morgan fingerprint density at radius 1 is 1.38 bits per heavy atom. The van der Waals surface area contributed by atoms with Crippen LogP contribution in [0.3, 0.4) is 0 Å². The SMILES string of the molecule is COc1cc(C=O)c(C(C)=O)c(OC)c1O. The molecule has 0 atom stereocenters. The van der Waals surface area contributed by atoms with Gasteiger partial charge >= 0.3 is 0 Å². The highest BCUT2D eigenvalue weighted by Crippen LogP contribution is 2.40. The molecule has 0 aliphatic heterocycles. The van der Waals surface area contributed by atoms with Gasteiger partial charge in [-0.3, -0.25) is 9.59 Å². The van der Waals surface area contributed by atoms with Gasteiger partial charge in [-0.2, -0.15) is 0 Å². The first kappa shape index (κ1) is 12.0. The number of phenols is 1. The molecule has 0 spiro atoms. The lowest BCUT2D eigenvalue weighted by molar-refractivity contribution is 0.100. The number of benzene rings is 1. The second kappa shape index (κ2) is 4.65. The Morgan fingerprint density at radius 3 is 2.38 bits per heavy atom. The predicted molar refractivity (Wildman–Crippen MR) is 56.6 cm³/mol. The standard InChI is InChI=1S/C11H12O5/c1-6(13)9-7(5-12)4-8(15-2)10(14)11(9)16-3/h4-5,14H,1-3H3. The summed E-state index contributed by atoms with van der Waals surface area (Å²) in [5, 5.41) is 9.72. The van der Waals surface area contributed by atoms with E-state index in [1.54, 1.807) is 0 Å². The van der Waals surface area contributed by atoms with Crippen LogP contribution in [0.1, 0.15) is 27.6 Å². The molecule has 0 radical (unpaired) electrons. The third-order valence-electron chi connectivity index (χ3n) is 2.15. The fourth-order valence-corrected chi connectivity index (χ4v) is 1.45. The van der Waals surface area contributed by atoms with E-state index >= 15 is 0 Å². The third-order valence-corrected chi connectivity index (χ3v) is 2.15. The molecule has 0 aliphatic carbocycles. The van der Waals surface area contributed by atoms with Crippen molar-refractivity contribution >= 4 is 12.1 Å². The highest BCUT2D eigenvalue weighted by Gasteiger charge is 2.21. The maximum atomic E-state index is 11.4. The normalized spacial score (nSPS) is 9.69. The quantitative estimate of drug-likeness (QED) is 0.618. The summed E-state index contributed by atoms with van der Waals surface area (Å²) in [5.74, 6) is -0.615. The van der Waals surface area contributed by atoms with E-state index in [-0.39, 0.29) is 34.2 Å². The number of ketones is 1. The Hall–Kier alpha value is -2.04. The molecular weight excluding hydrogens is 212 g/mol. The van der Waals surface area contributed by atoms with Gasteiger partial charge in [-0.05, 0) is 13.0 Å². The molecule has 1 aromatic carbocycles. The van der Waals surface area contributed by atoms with Gasteiger partial charge in [-0.25, -0.2) is 0 Å². The van der Waals surface area contributed by atoms with Gasteiger partial charge in [0, 0.05) is 5.56 Å². The predicted octanol–water partition coefficient (Wildman–Crippen LogP) is 1.42. The zero-order valence-corrected chi connectivity index (χ0v) is 9.23. The second-order valence-corrected chi connectivity index (χ2v) is 3.10. The van der Waals surface area contributed by atoms with E-state index in [9.17, 15) is 14.7 Å². The van der Waals surface area contributed by atoms with Crippen molar-refractivity contribution in [2.75, 3.05) is 14.2 Å². The van der Waals surface area contributed by atoms with E-state index in [4.69, 9.17) is 9.47 Å². The summed E-state index contributed by atoms with van der Waals surface area (Å²) in [6.45, 7) is 1.29. The van der Waals surface area contributed by atoms with E-state index in [0.29, 0.717) is 6.29 Å². The molecule has 0 heterocycles. The number of rotatable bonds is 4. The van der Waals surface area contributed by atoms with Crippen molar-refractivity contribution in [3.8, 4) is 17.2 Å². The number of hydrogen-bond acceptors (Lipinski definition) is 5. The Labute approximate surface area is 92.6 Å². The van der Waals surface area contributed by atoms with Crippen LogP contribution < -0.4 is 9.47 Å². The summed E-state index contributed by atoms with van der Waals surface area (Å²) < 4.78 is 9.78. The molecule has 0 unspecified atom stereocenters. The molecule has 86 valence electrons. The summed E-state index contributed by atoms with van der Waals surface area (Å²) in [5.41, 5.74) is 0.176. The van der Waals surface area contributed by atoms with Crippen molar-refractivity contribution in [1.82, 2.24) is 0 Å². The van der Waals surface area contributed by atoms with Crippen molar-refractivity contribution in [3.05, 3.63) is 17.2 Å². The molecule has 1 aromatic rings. The second-order valence-electron chi connectivity index (χ2n) is 3.10. The highest BCUT2D eigenvalue weighted by atomic mass is 16.5. The van der Waals surface area contributed by atoms with Crippen LogP contribution in [0.15, 0.2) is 6.07 Å². The molecule has 0 aromatic heterocycles. The van der Waals surface area contributed by atoms with Crippen LogP contribution in [0, 0.1) is 0 Å². The average molecular weight is 224 g/mol. The van der Waals surface area contributed by atoms with Crippen LogP contribution in [0.2, 0.25) is 0 Å². The van der Waals surface area contributed by atoms with Crippen molar-refractivity contribution in [3.63, 3.8) is 0 Å². The zero-order valence-electron chi connectivity index (χ0n) is 9.23. The van der Waals surface area contributed by atoms with Crippen molar-refractivity contribution in [2.45, 2.75) is 6.92 Å². The van der Waals surface area contributed by atoms with Crippen molar-refractivity contribution < 1.29 is 24.2 Å². The molecule has 0 saturated heterocycles. The van der Waals surface area contributed by atoms with Crippen LogP contribution in [-0.2, 0) is 0 Å². The van der Waals surface area contributed by atoms with Gasteiger partial charge in [0.1, 0.15) is 0 Å². The Kier molecular flexibility index (Phi) is 3.50. The largest absolute Gasteiger partial charge is 0.502 e. The van der Waals surface area contributed by atoms with Crippen LogP contribution in [-0.4, -0.2) is 31.4 Å². The number of Topliss-reactive ketones (excluding diaryl/α,β-unsaturated/α-hetero) is 1. The first-order valence-electron chi connectivity index (χ1n) is 4.50. The van der Waals surface area contributed by atoms with Crippen molar-refractivity contribution in [1.29, 1.82) is 0 Å². The number of aromatic hydroxyl groups is 1. The lowest BCUT2D eigenvalue weighted by Gasteiger charge is -2.13. The minimum Gasteiger partial charge on any atom is -0.502 e. The number of methoxy groups -OCH3 is 2. The van der Waals surface area contributed by atoms with Gasteiger partial charge in [0.2, 0.25) is 5.75 Å². The van der Waals surface area contributed by atoms with Gasteiger partial charge in [-0.1, -0.05) is 0 Å². The van der Waals surface area contributed by atoms with Crippen LogP contribution >= 0.6 is 0 Å². The molecule has 0 fully saturated rings. The summed E-state index contributed by atoms with van der Waals surface area (Å²) in [4.78, 5) is 22.2. The lowest BCUT2D eigenvalue weighted by Crippen LogP contribution is -2.04. The molecule has 1 rings (SSSR count). The molecule has 0 bridgehead atoms. The maximum absolute atomic E-state index is 11.4. The minimum atomic E-state index is -0.364. The van der Waals surface area contributed by atoms with Crippen LogP contribution in [0.5, 0.6) is 17.2 Å². The first-order valence-corrected chi connectivity index (χ1v) is 4.50. The molecule has 0 saturated carbocycles. The van der Waals surface area contributed by atoms with E-state index in [0.717, 1.165) is 0 Å². The number of carbonyl (C=O) groups excluding carboxylic acids is 2. The van der Waals surface area contributed by atoms with E-state index < -0.39 is 0 Å². The molecule has 1 N–H and O–H groups in total. The van der Waals surface area contributed by atoms with Gasteiger partial charge in [0.15, 0.2) is 23.6 Å². The van der Waals surface area contributed by atoms with Gasteiger partial charge < -0.3 is 14.6 Å². The topological polar surface area (TPSA) is 72.8 Å². The Morgan fingerprint density at radius 2 is 2.00 bits per heavy atom. The summed E-state index contributed by atoms with van der Waals surface area (Å²) in [6.07, 6.45) is 0.515. The average Bonchev–Trinajstić information content (AvgIpc) is 2.27.